The number of hydrogen-bond acceptors (Lipinski definition) is 5. The molecule has 30 heavy (non-hydrogen) atoms. The Balaban J connectivity index is 1.31. The normalized spacial score (nSPS) is 26.0. The van der Waals surface area contributed by atoms with Gasteiger partial charge < -0.3 is 10.1 Å². The molecule has 0 spiro atoms. The van der Waals surface area contributed by atoms with Crippen molar-refractivity contribution in [3.63, 3.8) is 0 Å². The number of rotatable bonds is 5. The largest absolute Gasteiger partial charge is 0.379 e. The van der Waals surface area contributed by atoms with Gasteiger partial charge >= 0.3 is 0 Å². The van der Waals surface area contributed by atoms with Gasteiger partial charge in [-0.25, -0.2) is 8.42 Å². The minimum absolute atomic E-state index is 0.262. The second-order valence-corrected chi connectivity index (χ2v) is 11.0. The van der Waals surface area contributed by atoms with Gasteiger partial charge in [0.05, 0.1) is 24.3 Å². The number of nitrogens with one attached hydrogen (secondary N) is 2. The maximum Gasteiger partial charge on any atom is 0.243 e. The predicted molar refractivity (Wildman–Crippen MR) is 122 cm³/mol. The van der Waals surface area contributed by atoms with Gasteiger partial charge in [0.2, 0.25) is 10.0 Å². The first kappa shape index (κ1) is 21.4. The predicted octanol–water partition coefficient (Wildman–Crippen LogP) is 2.97. The summed E-state index contributed by atoms with van der Waals surface area (Å²) in [5.41, 5.74) is 5.18. The molecule has 1 saturated carbocycles. The fourth-order valence-corrected chi connectivity index (χ4v) is 6.09. The van der Waals surface area contributed by atoms with E-state index in [0.29, 0.717) is 48.4 Å². The molecule has 7 nitrogen and oxygen atoms in total. The smallest absolute Gasteiger partial charge is 0.243 e. The van der Waals surface area contributed by atoms with Crippen LogP contribution in [-0.2, 0) is 14.8 Å². The number of sulfonamides is 1. The van der Waals surface area contributed by atoms with Crippen LogP contribution >= 0.6 is 12.2 Å². The van der Waals surface area contributed by atoms with Crippen molar-refractivity contribution >= 4 is 39.3 Å². The molecule has 0 radical (unpaired) electrons. The van der Waals surface area contributed by atoms with Crippen molar-refractivity contribution in [2.24, 2.45) is 22.4 Å². The highest BCUT2D eigenvalue weighted by molar-refractivity contribution is 7.89. The van der Waals surface area contributed by atoms with E-state index in [1.165, 1.54) is 16.3 Å². The third-order valence-corrected chi connectivity index (χ3v) is 8.72. The molecule has 9 heteroatoms. The highest BCUT2D eigenvalue weighted by Gasteiger charge is 2.50. The molecule has 2 N–H and O–H groups in total. The first-order valence-corrected chi connectivity index (χ1v) is 12.1. The van der Waals surface area contributed by atoms with Gasteiger partial charge in [-0.2, -0.15) is 9.41 Å². The standard InChI is InChI=1S/C21H28N4O3S2/c1-21(2)16-4-3-15(19(21)13-16)14-22-24-20(29)23-17-5-7-18(8-6-17)30(26,27)25-9-11-28-12-10-25/h3,5-8,14,16,19H,4,9-13H2,1-2H3,(H2,23,24,29). The third kappa shape index (κ3) is 4.16. The lowest BCUT2D eigenvalue weighted by Crippen LogP contribution is -2.48. The summed E-state index contributed by atoms with van der Waals surface area (Å²) in [6.45, 7) is 6.27. The van der Waals surface area contributed by atoms with Crippen LogP contribution < -0.4 is 10.7 Å². The van der Waals surface area contributed by atoms with E-state index < -0.39 is 10.0 Å². The first-order chi connectivity index (χ1) is 14.3. The lowest BCUT2D eigenvalue weighted by atomic mass is 9.49. The van der Waals surface area contributed by atoms with Gasteiger partial charge in [-0.15, -0.1) is 0 Å². The van der Waals surface area contributed by atoms with Gasteiger partial charge in [0.1, 0.15) is 0 Å². The zero-order chi connectivity index (χ0) is 21.4. The Bertz CT molecular complexity index is 964. The highest BCUT2D eigenvalue weighted by Crippen LogP contribution is 2.58. The molecule has 1 heterocycles. The number of morpholine rings is 1. The number of benzene rings is 1. The number of hydrogen-bond donors (Lipinski definition) is 2. The second kappa shape index (κ2) is 8.37. The van der Waals surface area contributed by atoms with E-state index in [9.17, 15) is 8.42 Å². The van der Waals surface area contributed by atoms with Gasteiger partial charge in [-0.3, -0.25) is 5.43 Å². The van der Waals surface area contributed by atoms with E-state index in [-0.39, 0.29) is 4.90 Å². The Hall–Kier alpha value is -1.81. The second-order valence-electron chi connectivity index (χ2n) is 8.61. The Morgan fingerprint density at radius 3 is 2.60 bits per heavy atom. The summed E-state index contributed by atoms with van der Waals surface area (Å²) >= 11 is 5.30. The van der Waals surface area contributed by atoms with Crippen LogP contribution in [0.5, 0.6) is 0 Å². The Kier molecular flexibility index (Phi) is 5.98. The number of allylic oxidation sites excluding steroid dienone is 2. The summed E-state index contributed by atoms with van der Waals surface area (Å²) in [7, 11) is -3.50. The van der Waals surface area contributed by atoms with E-state index in [1.54, 1.807) is 24.3 Å². The fourth-order valence-electron chi connectivity index (χ4n) is 4.52. The van der Waals surface area contributed by atoms with Crippen LogP contribution in [0, 0.1) is 17.3 Å². The number of nitrogens with zero attached hydrogens (tertiary/aromatic N) is 2. The van der Waals surface area contributed by atoms with Crippen molar-refractivity contribution in [3.05, 3.63) is 35.9 Å². The zero-order valence-electron chi connectivity index (χ0n) is 17.3. The van der Waals surface area contributed by atoms with Crippen molar-refractivity contribution in [2.45, 2.75) is 31.6 Å². The summed E-state index contributed by atoms with van der Waals surface area (Å²) in [6, 6.07) is 6.57. The number of ether oxygens (including phenoxy) is 1. The Morgan fingerprint density at radius 1 is 1.27 bits per heavy atom. The summed E-state index contributed by atoms with van der Waals surface area (Å²) in [4.78, 5) is 0.262. The van der Waals surface area contributed by atoms with Gasteiger partial charge in [0.25, 0.3) is 0 Å². The van der Waals surface area contributed by atoms with Crippen LogP contribution in [0.15, 0.2) is 45.9 Å². The van der Waals surface area contributed by atoms with Gasteiger partial charge in [0, 0.05) is 18.8 Å². The molecule has 1 saturated heterocycles. The summed E-state index contributed by atoms with van der Waals surface area (Å²) in [5.74, 6) is 1.37. The van der Waals surface area contributed by atoms with Crippen LogP contribution in [0.4, 0.5) is 5.69 Å². The number of thiocarbonyl (C=S) groups is 1. The molecule has 162 valence electrons. The number of fused-ring (bicyclic) bond motifs is 1. The van der Waals surface area contributed by atoms with Crippen molar-refractivity contribution in [1.82, 2.24) is 9.73 Å². The lowest BCUT2D eigenvalue weighted by molar-refractivity contribution is -0.00126. The molecule has 3 aliphatic carbocycles. The van der Waals surface area contributed by atoms with Crippen molar-refractivity contribution in [2.75, 3.05) is 31.6 Å². The molecule has 4 aliphatic rings. The Labute approximate surface area is 183 Å². The van der Waals surface area contributed by atoms with Crippen LogP contribution in [0.3, 0.4) is 0 Å². The van der Waals surface area contributed by atoms with E-state index >= 15 is 0 Å². The molecule has 0 aromatic heterocycles. The number of hydrazone groups is 1. The van der Waals surface area contributed by atoms with Crippen LogP contribution in [0.1, 0.15) is 26.7 Å². The number of anilines is 1. The molecular formula is C21H28N4O3S2. The molecule has 0 amide bonds. The molecule has 2 bridgehead atoms. The monoisotopic (exact) mass is 448 g/mol. The van der Waals surface area contributed by atoms with E-state index in [0.717, 1.165) is 12.3 Å². The molecule has 1 aromatic carbocycles. The topological polar surface area (TPSA) is 83.0 Å². The van der Waals surface area contributed by atoms with Gasteiger partial charge in [-0.05, 0) is 72.1 Å². The molecule has 1 aliphatic heterocycles. The van der Waals surface area contributed by atoms with Gasteiger partial charge in [-0.1, -0.05) is 19.9 Å². The molecule has 2 atom stereocenters. The van der Waals surface area contributed by atoms with E-state index in [2.05, 4.69) is 35.8 Å². The Morgan fingerprint density at radius 2 is 1.97 bits per heavy atom. The van der Waals surface area contributed by atoms with Crippen molar-refractivity contribution < 1.29 is 13.2 Å². The zero-order valence-corrected chi connectivity index (χ0v) is 18.9. The molecule has 2 fully saturated rings. The molecule has 2 unspecified atom stereocenters. The summed E-state index contributed by atoms with van der Waals surface area (Å²) in [5, 5.41) is 7.68. The minimum atomic E-state index is -3.50. The summed E-state index contributed by atoms with van der Waals surface area (Å²) < 4.78 is 32.0. The third-order valence-electron chi connectivity index (χ3n) is 6.61. The van der Waals surface area contributed by atoms with Crippen molar-refractivity contribution in [3.8, 4) is 0 Å². The molecular weight excluding hydrogens is 420 g/mol. The quantitative estimate of drug-likeness (QED) is 0.409. The molecule has 5 rings (SSSR count). The first-order valence-electron chi connectivity index (χ1n) is 10.3. The SMILES string of the molecule is CC1(C)C2CC=C(C=NNC(=S)Nc3ccc(S(=O)(=O)N4CCOCC4)cc3)C1C2. The van der Waals surface area contributed by atoms with E-state index in [4.69, 9.17) is 17.0 Å². The maximum atomic E-state index is 12.7. The highest BCUT2D eigenvalue weighted by atomic mass is 32.2. The van der Waals surface area contributed by atoms with Crippen LogP contribution in [0.2, 0.25) is 0 Å². The van der Waals surface area contributed by atoms with E-state index in [1.807, 2.05) is 6.21 Å². The maximum absolute atomic E-state index is 12.7. The molecule has 1 aromatic rings. The average Bonchev–Trinajstić information content (AvgIpc) is 2.74. The lowest BCUT2D eigenvalue weighted by Gasteiger charge is -2.55. The van der Waals surface area contributed by atoms with Gasteiger partial charge in [0.15, 0.2) is 5.11 Å². The van der Waals surface area contributed by atoms with Crippen molar-refractivity contribution in [1.29, 1.82) is 0 Å². The van der Waals surface area contributed by atoms with Crippen LogP contribution in [0.25, 0.3) is 0 Å². The minimum Gasteiger partial charge on any atom is -0.379 e. The summed E-state index contributed by atoms with van der Waals surface area (Å²) in [6.07, 6.45) is 6.51. The van der Waals surface area contributed by atoms with Crippen LogP contribution in [-0.4, -0.2) is 50.4 Å². The fraction of sp³-hybridized carbons (Fsp3) is 0.524. The average molecular weight is 449 g/mol.